The second-order valence-corrected chi connectivity index (χ2v) is 6.12. The van der Waals surface area contributed by atoms with Crippen molar-refractivity contribution >= 4 is 33.3 Å². The zero-order valence-electron chi connectivity index (χ0n) is 11.3. The number of nitrogens with zero attached hydrogens (tertiary/aromatic N) is 4. The molecule has 1 saturated heterocycles. The van der Waals surface area contributed by atoms with Gasteiger partial charge < -0.3 is 15.5 Å². The van der Waals surface area contributed by atoms with Gasteiger partial charge in [-0.05, 0) is 38.4 Å². The summed E-state index contributed by atoms with van der Waals surface area (Å²) >= 11 is 1.62. The van der Waals surface area contributed by atoms with E-state index in [-0.39, 0.29) is 0 Å². The van der Waals surface area contributed by atoms with Crippen LogP contribution in [0.3, 0.4) is 0 Å². The maximum atomic E-state index is 5.82. The van der Waals surface area contributed by atoms with Gasteiger partial charge in [0.1, 0.15) is 10.6 Å². The molecule has 6 heteroatoms. The van der Waals surface area contributed by atoms with Gasteiger partial charge in [-0.15, -0.1) is 11.3 Å². The average molecular weight is 277 g/mol. The van der Waals surface area contributed by atoms with E-state index in [0.717, 1.165) is 29.1 Å². The fraction of sp³-hybridized carbons (Fsp3) is 0.538. The number of aromatic nitrogens is 2. The van der Waals surface area contributed by atoms with Crippen LogP contribution in [0, 0.1) is 0 Å². The lowest BCUT2D eigenvalue weighted by molar-refractivity contribution is 0.249. The molecule has 0 atom stereocenters. The summed E-state index contributed by atoms with van der Waals surface area (Å²) in [5.74, 6) is 1.38. The number of hydrogen-bond acceptors (Lipinski definition) is 6. The number of fused-ring (bicyclic) bond motifs is 1. The Kier molecular flexibility index (Phi) is 3.28. The van der Waals surface area contributed by atoms with E-state index < -0.39 is 0 Å². The Morgan fingerprint density at radius 2 is 2.05 bits per heavy atom. The number of rotatable bonds is 2. The number of nitrogens with two attached hydrogens (primary N) is 1. The summed E-state index contributed by atoms with van der Waals surface area (Å²) in [6, 6.07) is 2.76. The molecule has 0 radical (unpaired) electrons. The molecule has 3 heterocycles. The van der Waals surface area contributed by atoms with E-state index in [1.807, 2.05) is 0 Å². The Bertz CT molecular complexity index is 571. The van der Waals surface area contributed by atoms with Crippen molar-refractivity contribution in [1.82, 2.24) is 14.9 Å². The quantitative estimate of drug-likeness (QED) is 0.907. The van der Waals surface area contributed by atoms with Crippen LogP contribution in [-0.2, 0) is 0 Å². The van der Waals surface area contributed by atoms with Crippen molar-refractivity contribution < 1.29 is 0 Å². The standard InChI is InChI=1S/C13H19N5S/c1-17(2)9-3-6-18(7-4-9)11-10-5-8-19-12(10)16-13(14)15-11/h5,8-9H,3-4,6-7H2,1-2H3,(H2,14,15,16). The van der Waals surface area contributed by atoms with E-state index in [2.05, 4.69) is 45.3 Å². The van der Waals surface area contributed by atoms with Crippen molar-refractivity contribution in [2.75, 3.05) is 37.8 Å². The van der Waals surface area contributed by atoms with Crippen LogP contribution >= 0.6 is 11.3 Å². The third-order valence-corrected chi connectivity index (χ3v) is 4.62. The van der Waals surface area contributed by atoms with E-state index in [4.69, 9.17) is 5.73 Å². The lowest BCUT2D eigenvalue weighted by atomic mass is 10.0. The van der Waals surface area contributed by atoms with Crippen molar-refractivity contribution in [3.8, 4) is 0 Å². The molecule has 0 aromatic carbocycles. The van der Waals surface area contributed by atoms with Gasteiger partial charge in [-0.1, -0.05) is 0 Å². The maximum absolute atomic E-state index is 5.82. The molecule has 19 heavy (non-hydrogen) atoms. The molecular weight excluding hydrogens is 258 g/mol. The fourth-order valence-corrected chi connectivity index (χ4v) is 3.46. The second-order valence-electron chi connectivity index (χ2n) is 5.23. The summed E-state index contributed by atoms with van der Waals surface area (Å²) in [4.78, 5) is 14.4. The Labute approximate surface area is 117 Å². The number of anilines is 2. The van der Waals surface area contributed by atoms with E-state index >= 15 is 0 Å². The first-order valence-electron chi connectivity index (χ1n) is 6.57. The fourth-order valence-electron chi connectivity index (χ4n) is 2.69. The molecule has 2 aromatic rings. The Morgan fingerprint density at radius 3 is 2.74 bits per heavy atom. The van der Waals surface area contributed by atoms with Crippen molar-refractivity contribution in [3.63, 3.8) is 0 Å². The monoisotopic (exact) mass is 277 g/mol. The predicted octanol–water partition coefficient (Wildman–Crippen LogP) is 1.80. The molecule has 5 nitrogen and oxygen atoms in total. The van der Waals surface area contributed by atoms with Crippen molar-refractivity contribution in [2.45, 2.75) is 18.9 Å². The minimum absolute atomic E-state index is 0.375. The van der Waals surface area contributed by atoms with Gasteiger partial charge in [-0.2, -0.15) is 4.98 Å². The first kappa shape index (κ1) is 12.6. The topological polar surface area (TPSA) is 58.3 Å². The number of hydrogen-bond donors (Lipinski definition) is 1. The molecule has 0 unspecified atom stereocenters. The number of thiophene rings is 1. The zero-order chi connectivity index (χ0) is 13.4. The van der Waals surface area contributed by atoms with Gasteiger partial charge in [-0.25, -0.2) is 4.98 Å². The second kappa shape index (κ2) is 4.94. The summed E-state index contributed by atoms with van der Waals surface area (Å²) in [5, 5.41) is 3.18. The van der Waals surface area contributed by atoms with Crippen LogP contribution < -0.4 is 10.6 Å². The highest BCUT2D eigenvalue weighted by atomic mass is 32.1. The number of piperidine rings is 1. The van der Waals surface area contributed by atoms with Crippen LogP contribution in [0.1, 0.15) is 12.8 Å². The van der Waals surface area contributed by atoms with Crippen LogP contribution in [0.4, 0.5) is 11.8 Å². The van der Waals surface area contributed by atoms with Crippen LogP contribution in [0.5, 0.6) is 0 Å². The van der Waals surface area contributed by atoms with E-state index in [1.54, 1.807) is 11.3 Å². The number of nitrogen functional groups attached to an aromatic ring is 1. The largest absolute Gasteiger partial charge is 0.368 e. The minimum atomic E-state index is 0.375. The summed E-state index contributed by atoms with van der Waals surface area (Å²) in [5.41, 5.74) is 5.82. The SMILES string of the molecule is CN(C)C1CCN(c2nc(N)nc3sccc23)CC1. The normalized spacial score (nSPS) is 17.5. The van der Waals surface area contributed by atoms with Gasteiger partial charge in [0.15, 0.2) is 0 Å². The van der Waals surface area contributed by atoms with Crippen molar-refractivity contribution in [1.29, 1.82) is 0 Å². The van der Waals surface area contributed by atoms with Gasteiger partial charge >= 0.3 is 0 Å². The summed E-state index contributed by atoms with van der Waals surface area (Å²) in [6.45, 7) is 2.06. The van der Waals surface area contributed by atoms with E-state index in [9.17, 15) is 0 Å². The van der Waals surface area contributed by atoms with Gasteiger partial charge in [0.25, 0.3) is 0 Å². The lowest BCUT2D eigenvalue weighted by Crippen LogP contribution is -2.42. The lowest BCUT2D eigenvalue weighted by Gasteiger charge is -2.36. The van der Waals surface area contributed by atoms with Crippen LogP contribution in [0.15, 0.2) is 11.4 Å². The molecule has 0 bridgehead atoms. The van der Waals surface area contributed by atoms with Gasteiger partial charge in [0.2, 0.25) is 5.95 Å². The summed E-state index contributed by atoms with van der Waals surface area (Å²) < 4.78 is 0. The van der Waals surface area contributed by atoms with Gasteiger partial charge in [0, 0.05) is 19.1 Å². The molecule has 1 fully saturated rings. The van der Waals surface area contributed by atoms with Gasteiger partial charge in [-0.3, -0.25) is 0 Å². The molecule has 102 valence electrons. The first-order chi connectivity index (χ1) is 9.15. The van der Waals surface area contributed by atoms with Crippen LogP contribution in [0.2, 0.25) is 0 Å². The molecule has 1 aliphatic rings. The van der Waals surface area contributed by atoms with Crippen LogP contribution in [-0.4, -0.2) is 48.1 Å². The third-order valence-electron chi connectivity index (χ3n) is 3.82. The Morgan fingerprint density at radius 1 is 1.32 bits per heavy atom. The molecule has 1 aliphatic heterocycles. The van der Waals surface area contributed by atoms with Gasteiger partial charge in [0.05, 0.1) is 5.39 Å². The average Bonchev–Trinajstić information content (AvgIpc) is 2.85. The zero-order valence-corrected chi connectivity index (χ0v) is 12.2. The van der Waals surface area contributed by atoms with Crippen molar-refractivity contribution in [2.24, 2.45) is 0 Å². The Balaban J connectivity index is 1.87. The smallest absolute Gasteiger partial charge is 0.223 e. The van der Waals surface area contributed by atoms with Crippen molar-refractivity contribution in [3.05, 3.63) is 11.4 Å². The highest BCUT2D eigenvalue weighted by Crippen LogP contribution is 2.30. The molecule has 2 N–H and O–H groups in total. The Hall–Kier alpha value is -1.40. The van der Waals surface area contributed by atoms with E-state index in [0.29, 0.717) is 12.0 Å². The molecule has 0 saturated carbocycles. The highest BCUT2D eigenvalue weighted by molar-refractivity contribution is 7.16. The summed E-state index contributed by atoms with van der Waals surface area (Å²) in [6.07, 6.45) is 2.34. The molecule has 0 amide bonds. The van der Waals surface area contributed by atoms with E-state index in [1.165, 1.54) is 12.8 Å². The van der Waals surface area contributed by atoms with Crippen LogP contribution in [0.25, 0.3) is 10.2 Å². The summed E-state index contributed by atoms with van der Waals surface area (Å²) in [7, 11) is 4.31. The first-order valence-corrected chi connectivity index (χ1v) is 7.45. The predicted molar refractivity (Wildman–Crippen MR) is 80.7 cm³/mol. The molecule has 2 aromatic heterocycles. The molecule has 3 rings (SSSR count). The molecule has 0 aliphatic carbocycles. The third kappa shape index (κ3) is 2.37. The molecular formula is C13H19N5S. The minimum Gasteiger partial charge on any atom is -0.368 e. The maximum Gasteiger partial charge on any atom is 0.223 e. The highest BCUT2D eigenvalue weighted by Gasteiger charge is 2.23. The molecule has 0 spiro atoms.